The van der Waals surface area contributed by atoms with Crippen molar-refractivity contribution < 1.29 is 8.91 Å². The monoisotopic (exact) mass is 311 g/mol. The predicted molar refractivity (Wildman–Crippen MR) is 67.0 cm³/mol. The summed E-state index contributed by atoms with van der Waals surface area (Å²) < 4.78 is 19.3. The molecule has 0 saturated heterocycles. The lowest BCUT2D eigenvalue weighted by atomic mass is 10.2. The Bertz CT molecular complexity index is 582. The number of hydrogen-bond donors (Lipinski definition) is 1. The van der Waals surface area contributed by atoms with Crippen LogP contribution in [-0.2, 0) is 0 Å². The van der Waals surface area contributed by atoms with Crippen molar-refractivity contribution in [3.05, 3.63) is 34.3 Å². The number of hydrogen-bond acceptors (Lipinski definition) is 4. The molecular formula is C12H11BrFN3O. The van der Waals surface area contributed by atoms with Gasteiger partial charge in [0.15, 0.2) is 5.82 Å². The van der Waals surface area contributed by atoms with Crippen molar-refractivity contribution in [1.29, 1.82) is 0 Å². The molecule has 1 heterocycles. The molecule has 1 aromatic carbocycles. The van der Waals surface area contributed by atoms with Crippen LogP contribution in [-0.4, -0.2) is 10.1 Å². The fraction of sp³-hybridized carbons (Fsp3) is 0.333. The number of nitrogens with two attached hydrogens (primary N) is 1. The third-order valence-corrected chi connectivity index (χ3v) is 3.66. The van der Waals surface area contributed by atoms with Gasteiger partial charge < -0.3 is 10.3 Å². The van der Waals surface area contributed by atoms with Gasteiger partial charge in [-0.1, -0.05) is 11.2 Å². The topological polar surface area (TPSA) is 64.9 Å². The van der Waals surface area contributed by atoms with E-state index in [1.165, 1.54) is 0 Å². The summed E-state index contributed by atoms with van der Waals surface area (Å²) in [5.74, 6) is 0.641. The lowest BCUT2D eigenvalue weighted by molar-refractivity contribution is 0.409. The Kier molecular flexibility index (Phi) is 2.91. The van der Waals surface area contributed by atoms with Gasteiger partial charge in [-0.25, -0.2) is 4.39 Å². The summed E-state index contributed by atoms with van der Waals surface area (Å²) in [5, 5.41) is 3.83. The van der Waals surface area contributed by atoms with E-state index in [0.717, 1.165) is 12.8 Å². The van der Waals surface area contributed by atoms with Crippen LogP contribution in [0.25, 0.3) is 11.5 Å². The summed E-state index contributed by atoms with van der Waals surface area (Å²) in [6.07, 6.45) is 2.19. The smallest absolute Gasteiger partial charge is 0.260 e. The summed E-state index contributed by atoms with van der Waals surface area (Å²) in [6.45, 7) is 0. The lowest BCUT2D eigenvalue weighted by Gasteiger charge is -2.02. The Morgan fingerprint density at radius 1 is 1.44 bits per heavy atom. The molecule has 0 radical (unpaired) electrons. The van der Waals surface area contributed by atoms with Crippen molar-refractivity contribution in [3.63, 3.8) is 0 Å². The van der Waals surface area contributed by atoms with Crippen LogP contribution in [0.5, 0.6) is 0 Å². The number of nitrogens with zero attached hydrogens (tertiary/aromatic N) is 2. The van der Waals surface area contributed by atoms with Crippen LogP contribution in [0.4, 0.5) is 4.39 Å². The minimum Gasteiger partial charge on any atom is -0.334 e. The van der Waals surface area contributed by atoms with Crippen LogP contribution in [0.15, 0.2) is 27.2 Å². The number of rotatable bonds is 3. The zero-order valence-corrected chi connectivity index (χ0v) is 11.0. The molecule has 0 spiro atoms. The van der Waals surface area contributed by atoms with E-state index >= 15 is 0 Å². The van der Waals surface area contributed by atoms with Gasteiger partial charge in [-0.2, -0.15) is 4.98 Å². The van der Waals surface area contributed by atoms with Crippen LogP contribution in [0.1, 0.15) is 24.7 Å². The summed E-state index contributed by atoms with van der Waals surface area (Å²) in [4.78, 5) is 4.18. The Hall–Kier alpha value is -1.27. The summed E-state index contributed by atoms with van der Waals surface area (Å²) in [6, 6.07) is 4.72. The van der Waals surface area contributed by atoms with Gasteiger partial charge in [-0.05, 0) is 46.8 Å². The molecule has 18 heavy (non-hydrogen) atoms. The Labute approximate surface area is 112 Å². The van der Waals surface area contributed by atoms with Crippen molar-refractivity contribution >= 4 is 15.9 Å². The highest BCUT2D eigenvalue weighted by Gasteiger charge is 2.32. The minimum atomic E-state index is -0.410. The summed E-state index contributed by atoms with van der Waals surface area (Å²) in [5.41, 5.74) is 6.26. The van der Waals surface area contributed by atoms with Crippen molar-refractivity contribution in [2.24, 2.45) is 11.7 Å². The third-order valence-electron chi connectivity index (χ3n) is 3.05. The lowest BCUT2D eigenvalue weighted by Crippen LogP contribution is -2.13. The molecule has 1 saturated carbocycles. The molecule has 3 rings (SSSR count). The van der Waals surface area contributed by atoms with Crippen LogP contribution < -0.4 is 5.73 Å². The maximum Gasteiger partial charge on any atom is 0.260 e. The maximum absolute atomic E-state index is 13.9. The van der Waals surface area contributed by atoms with Gasteiger partial charge in [-0.3, -0.25) is 0 Å². The van der Waals surface area contributed by atoms with Gasteiger partial charge in [0, 0.05) is 0 Å². The second-order valence-corrected chi connectivity index (χ2v) is 5.28. The maximum atomic E-state index is 13.9. The molecule has 94 valence electrons. The van der Waals surface area contributed by atoms with E-state index in [4.69, 9.17) is 10.3 Å². The van der Waals surface area contributed by atoms with Crippen molar-refractivity contribution in [2.75, 3.05) is 0 Å². The van der Waals surface area contributed by atoms with Crippen LogP contribution in [0.3, 0.4) is 0 Å². The highest BCUT2D eigenvalue weighted by Crippen LogP contribution is 2.39. The van der Waals surface area contributed by atoms with E-state index in [2.05, 4.69) is 26.1 Å². The zero-order valence-electron chi connectivity index (χ0n) is 9.44. The Morgan fingerprint density at radius 2 is 2.22 bits per heavy atom. The zero-order chi connectivity index (χ0) is 12.7. The first-order valence-electron chi connectivity index (χ1n) is 5.70. The van der Waals surface area contributed by atoms with Crippen LogP contribution in [0, 0.1) is 11.7 Å². The van der Waals surface area contributed by atoms with Gasteiger partial charge in [0.2, 0.25) is 0 Å². The molecule has 0 aliphatic heterocycles. The van der Waals surface area contributed by atoms with Crippen LogP contribution in [0.2, 0.25) is 0 Å². The average molecular weight is 312 g/mol. The van der Waals surface area contributed by atoms with Gasteiger partial charge in [-0.15, -0.1) is 0 Å². The molecule has 0 amide bonds. The molecule has 2 aromatic rings. The molecule has 0 bridgehead atoms. The average Bonchev–Trinajstić information content (AvgIpc) is 3.10. The normalized spacial score (nSPS) is 16.8. The molecule has 1 atom stereocenters. The first kappa shape index (κ1) is 11.8. The predicted octanol–water partition coefficient (Wildman–Crippen LogP) is 3.05. The van der Waals surface area contributed by atoms with Crippen molar-refractivity contribution in [3.8, 4) is 11.5 Å². The highest BCUT2D eigenvalue weighted by atomic mass is 79.9. The van der Waals surface area contributed by atoms with E-state index in [1.807, 2.05) is 0 Å². The fourth-order valence-electron chi connectivity index (χ4n) is 1.81. The van der Waals surface area contributed by atoms with Crippen molar-refractivity contribution in [1.82, 2.24) is 10.1 Å². The molecule has 4 nitrogen and oxygen atoms in total. The number of aromatic nitrogens is 2. The molecule has 1 aliphatic carbocycles. The van der Waals surface area contributed by atoms with Gasteiger partial charge >= 0.3 is 0 Å². The van der Waals surface area contributed by atoms with Crippen molar-refractivity contribution in [2.45, 2.75) is 18.9 Å². The van der Waals surface area contributed by atoms with E-state index in [0.29, 0.717) is 16.2 Å². The largest absolute Gasteiger partial charge is 0.334 e. The quantitative estimate of drug-likeness (QED) is 0.946. The molecular weight excluding hydrogens is 301 g/mol. The van der Waals surface area contributed by atoms with E-state index in [9.17, 15) is 4.39 Å². The highest BCUT2D eigenvalue weighted by molar-refractivity contribution is 9.10. The molecule has 1 fully saturated rings. The fourth-order valence-corrected chi connectivity index (χ4v) is 2.18. The molecule has 1 aliphatic rings. The first-order valence-corrected chi connectivity index (χ1v) is 6.49. The van der Waals surface area contributed by atoms with Crippen LogP contribution >= 0.6 is 15.9 Å². The molecule has 6 heteroatoms. The van der Waals surface area contributed by atoms with E-state index < -0.39 is 5.82 Å². The van der Waals surface area contributed by atoms with E-state index in [1.54, 1.807) is 18.2 Å². The standard InChI is InChI=1S/C12H11BrFN3O/c13-8-3-1-2-7(9(8)14)12-16-11(17-18-12)10(15)6-4-5-6/h1-3,6,10H,4-5,15H2. The number of halogens is 2. The Balaban J connectivity index is 1.94. The molecule has 2 N–H and O–H groups in total. The van der Waals surface area contributed by atoms with Gasteiger partial charge in [0.25, 0.3) is 5.89 Å². The summed E-state index contributed by atoms with van der Waals surface area (Å²) in [7, 11) is 0. The van der Waals surface area contributed by atoms with Gasteiger partial charge in [0.05, 0.1) is 16.1 Å². The molecule has 1 aromatic heterocycles. The van der Waals surface area contributed by atoms with Gasteiger partial charge in [0.1, 0.15) is 5.82 Å². The second kappa shape index (κ2) is 4.44. The minimum absolute atomic E-state index is 0.167. The SMILES string of the molecule is NC(c1noc(-c2cccc(Br)c2F)n1)C1CC1. The third kappa shape index (κ3) is 2.06. The second-order valence-electron chi connectivity index (χ2n) is 4.42. The molecule has 1 unspecified atom stereocenters. The first-order chi connectivity index (χ1) is 8.66. The Morgan fingerprint density at radius 3 is 2.94 bits per heavy atom. The summed E-state index contributed by atoms with van der Waals surface area (Å²) >= 11 is 3.12. The van der Waals surface area contributed by atoms with E-state index in [-0.39, 0.29) is 17.5 Å². The number of benzene rings is 1.